The SMILES string of the molecule is [2H]C([2H])([2H])NS(=O)(=O)c1ccc(Nc2ncc(C#N)c(O[C@H]3CCCOCC3)n2)cc1. The van der Waals surface area contributed by atoms with Gasteiger partial charge in [0.05, 0.1) is 17.7 Å². The molecule has 0 amide bonds. The molecule has 10 heteroatoms. The van der Waals surface area contributed by atoms with E-state index in [1.165, 1.54) is 30.5 Å². The van der Waals surface area contributed by atoms with Gasteiger partial charge in [-0.15, -0.1) is 0 Å². The van der Waals surface area contributed by atoms with Crippen LogP contribution in [0, 0.1) is 11.3 Å². The average Bonchev–Trinajstić information content (AvgIpc) is 2.96. The molecule has 0 spiro atoms. The fraction of sp³-hybridized carbons (Fsp3) is 0.389. The Balaban J connectivity index is 1.74. The summed E-state index contributed by atoms with van der Waals surface area (Å²) in [6, 6.07) is 7.40. The second kappa shape index (κ2) is 8.97. The Hall–Kier alpha value is -2.74. The molecule has 9 nitrogen and oxygen atoms in total. The van der Waals surface area contributed by atoms with E-state index in [-0.39, 0.29) is 28.4 Å². The summed E-state index contributed by atoms with van der Waals surface area (Å²) in [5.74, 6) is 0.322. The van der Waals surface area contributed by atoms with Crippen LogP contribution in [-0.2, 0) is 14.8 Å². The van der Waals surface area contributed by atoms with Crippen molar-refractivity contribution in [2.45, 2.75) is 30.3 Å². The van der Waals surface area contributed by atoms with Crippen molar-refractivity contribution in [2.75, 3.05) is 25.5 Å². The molecule has 1 atom stereocenters. The van der Waals surface area contributed by atoms with Gasteiger partial charge in [-0.05, 0) is 44.1 Å². The zero-order valence-corrected chi connectivity index (χ0v) is 15.7. The Kier molecular flexibility index (Phi) is 5.20. The van der Waals surface area contributed by atoms with E-state index in [0.29, 0.717) is 25.3 Å². The van der Waals surface area contributed by atoms with E-state index in [2.05, 4.69) is 15.3 Å². The molecular weight excluding hydrogens is 382 g/mol. The largest absolute Gasteiger partial charge is 0.473 e. The topological polar surface area (TPSA) is 126 Å². The number of aromatic nitrogens is 2. The number of nitriles is 1. The van der Waals surface area contributed by atoms with Crippen LogP contribution in [-0.4, -0.2) is 44.7 Å². The number of nitrogens with one attached hydrogen (secondary N) is 2. The number of hydrogen-bond acceptors (Lipinski definition) is 8. The van der Waals surface area contributed by atoms with E-state index < -0.39 is 17.0 Å². The lowest BCUT2D eigenvalue weighted by atomic mass is 10.1. The summed E-state index contributed by atoms with van der Waals surface area (Å²) in [4.78, 5) is 8.15. The maximum atomic E-state index is 12.1. The first-order chi connectivity index (χ1) is 14.7. The molecule has 0 aliphatic carbocycles. The van der Waals surface area contributed by atoms with Crippen LogP contribution in [0.1, 0.15) is 28.9 Å². The van der Waals surface area contributed by atoms with Gasteiger partial charge < -0.3 is 14.8 Å². The highest BCUT2D eigenvalue weighted by Crippen LogP contribution is 2.23. The third-order valence-electron chi connectivity index (χ3n) is 4.11. The Labute approximate surface area is 168 Å². The normalized spacial score (nSPS) is 19.4. The molecule has 0 saturated carbocycles. The minimum atomic E-state index is -4.18. The standard InChI is InChI=1S/C18H21N5O4S/c1-20-28(24,25)16-6-4-14(5-7-16)22-18-21-12-13(11-19)17(23-18)27-15-3-2-9-26-10-8-15/h4-7,12,15,20H,2-3,8-10H2,1H3,(H,21,22,23)/t15-/m0/s1/i1D3. The van der Waals surface area contributed by atoms with Crippen molar-refractivity contribution in [1.29, 1.82) is 5.26 Å². The molecule has 0 unspecified atom stereocenters. The lowest BCUT2D eigenvalue weighted by Gasteiger charge is -2.16. The number of nitrogens with zero attached hydrogens (tertiary/aromatic N) is 3. The van der Waals surface area contributed by atoms with E-state index in [1.54, 1.807) is 4.72 Å². The molecule has 0 bridgehead atoms. The Morgan fingerprint density at radius 2 is 2.14 bits per heavy atom. The van der Waals surface area contributed by atoms with Crippen LogP contribution in [0.2, 0.25) is 0 Å². The molecule has 148 valence electrons. The molecule has 2 heterocycles. The quantitative estimate of drug-likeness (QED) is 0.745. The predicted octanol–water partition coefficient (Wildman–Crippen LogP) is 1.95. The van der Waals surface area contributed by atoms with Crippen molar-refractivity contribution in [1.82, 2.24) is 14.7 Å². The van der Waals surface area contributed by atoms with E-state index in [0.717, 1.165) is 12.8 Å². The van der Waals surface area contributed by atoms with Crippen molar-refractivity contribution < 1.29 is 22.0 Å². The van der Waals surface area contributed by atoms with Crippen molar-refractivity contribution >= 4 is 21.7 Å². The second-order valence-corrected chi connectivity index (χ2v) is 7.74. The molecule has 0 radical (unpaired) electrons. The van der Waals surface area contributed by atoms with Gasteiger partial charge in [-0.25, -0.2) is 18.1 Å². The number of hydrogen-bond donors (Lipinski definition) is 2. The van der Waals surface area contributed by atoms with Crippen molar-refractivity contribution in [3.05, 3.63) is 36.0 Å². The van der Waals surface area contributed by atoms with Gasteiger partial charge in [0.1, 0.15) is 17.7 Å². The summed E-state index contributed by atoms with van der Waals surface area (Å²) in [7, 11) is -4.18. The lowest BCUT2D eigenvalue weighted by Crippen LogP contribution is -2.18. The third-order valence-corrected chi connectivity index (χ3v) is 5.27. The average molecular weight is 406 g/mol. The van der Waals surface area contributed by atoms with Crippen LogP contribution in [0.3, 0.4) is 0 Å². The summed E-state index contributed by atoms with van der Waals surface area (Å²) in [5.41, 5.74) is 0.666. The van der Waals surface area contributed by atoms with E-state index in [9.17, 15) is 13.7 Å². The van der Waals surface area contributed by atoms with E-state index in [1.807, 2.05) is 6.07 Å². The van der Waals surface area contributed by atoms with Crippen LogP contribution in [0.5, 0.6) is 5.88 Å². The fourth-order valence-corrected chi connectivity index (χ4v) is 3.26. The first-order valence-corrected chi connectivity index (χ1v) is 10.1. The highest BCUT2D eigenvalue weighted by atomic mass is 32.2. The first kappa shape index (κ1) is 16.2. The van der Waals surface area contributed by atoms with Gasteiger partial charge in [0.25, 0.3) is 0 Å². The van der Waals surface area contributed by atoms with Crippen molar-refractivity contribution in [2.24, 2.45) is 0 Å². The summed E-state index contributed by atoms with van der Waals surface area (Å²) in [6.45, 7) is -1.57. The van der Waals surface area contributed by atoms with Crippen LogP contribution in [0.25, 0.3) is 0 Å². The molecule has 1 aromatic carbocycles. The van der Waals surface area contributed by atoms with E-state index in [4.69, 9.17) is 13.6 Å². The maximum Gasteiger partial charge on any atom is 0.240 e. The monoisotopic (exact) mass is 406 g/mol. The van der Waals surface area contributed by atoms with Gasteiger partial charge in [-0.3, -0.25) is 0 Å². The molecule has 1 aromatic heterocycles. The smallest absolute Gasteiger partial charge is 0.240 e. The molecule has 28 heavy (non-hydrogen) atoms. The highest BCUT2D eigenvalue weighted by molar-refractivity contribution is 7.89. The molecule has 3 rings (SSSR count). The van der Waals surface area contributed by atoms with E-state index >= 15 is 0 Å². The number of benzene rings is 1. The van der Waals surface area contributed by atoms with Crippen LogP contribution in [0.4, 0.5) is 11.6 Å². The number of rotatable bonds is 6. The van der Waals surface area contributed by atoms with Crippen molar-refractivity contribution in [3.8, 4) is 11.9 Å². The molecular formula is C18H21N5O4S. The first-order valence-electron chi connectivity index (χ1n) is 10.1. The van der Waals surface area contributed by atoms with Gasteiger partial charge >= 0.3 is 0 Å². The van der Waals surface area contributed by atoms with Gasteiger partial charge in [0, 0.05) is 22.8 Å². The molecule has 2 N–H and O–H groups in total. The zero-order valence-electron chi connectivity index (χ0n) is 17.9. The number of anilines is 2. The van der Waals surface area contributed by atoms with Gasteiger partial charge in [-0.1, -0.05) is 0 Å². The number of ether oxygens (including phenoxy) is 2. The Morgan fingerprint density at radius 1 is 1.32 bits per heavy atom. The minimum absolute atomic E-state index is 0.118. The van der Waals surface area contributed by atoms with Crippen LogP contribution in [0.15, 0.2) is 35.4 Å². The summed E-state index contributed by atoms with van der Waals surface area (Å²) < 4.78 is 58.3. The predicted molar refractivity (Wildman–Crippen MR) is 102 cm³/mol. The molecule has 1 saturated heterocycles. The fourth-order valence-electron chi connectivity index (χ4n) is 2.65. The lowest BCUT2D eigenvalue weighted by molar-refractivity contribution is 0.125. The zero-order chi connectivity index (χ0) is 22.5. The van der Waals surface area contributed by atoms with Crippen molar-refractivity contribution in [3.63, 3.8) is 0 Å². The third kappa shape index (κ3) is 4.95. The van der Waals surface area contributed by atoms with Gasteiger partial charge in [0.2, 0.25) is 21.9 Å². The van der Waals surface area contributed by atoms with Gasteiger partial charge in [0.15, 0.2) is 0 Å². The molecule has 2 aromatic rings. The molecule has 1 fully saturated rings. The minimum Gasteiger partial charge on any atom is -0.473 e. The van der Waals surface area contributed by atoms with Crippen LogP contribution >= 0.6 is 0 Å². The molecule has 1 aliphatic heterocycles. The van der Waals surface area contributed by atoms with Crippen LogP contribution < -0.4 is 14.8 Å². The second-order valence-electron chi connectivity index (χ2n) is 6.06. The Bertz CT molecular complexity index is 1050. The number of sulfonamides is 1. The maximum absolute atomic E-state index is 12.1. The Morgan fingerprint density at radius 3 is 2.89 bits per heavy atom. The summed E-state index contributed by atoms with van der Waals surface area (Å²) in [5, 5.41) is 12.2. The highest BCUT2D eigenvalue weighted by Gasteiger charge is 2.18. The van der Waals surface area contributed by atoms with Gasteiger partial charge in [-0.2, -0.15) is 10.2 Å². The molecule has 1 aliphatic rings. The summed E-state index contributed by atoms with van der Waals surface area (Å²) >= 11 is 0. The summed E-state index contributed by atoms with van der Waals surface area (Å²) in [6.07, 6.45) is 3.56.